The number of benzene rings is 1. The Morgan fingerprint density at radius 3 is 2.80 bits per heavy atom. The summed E-state index contributed by atoms with van der Waals surface area (Å²) in [4.78, 5) is 2.37. The van der Waals surface area contributed by atoms with Crippen LogP contribution in [0.1, 0.15) is 12.5 Å². The molecule has 1 fully saturated rings. The van der Waals surface area contributed by atoms with Gasteiger partial charge in [0, 0.05) is 19.6 Å². The Balaban J connectivity index is 1.52. The number of hydrogen-bond donors (Lipinski definition) is 0. The van der Waals surface area contributed by atoms with E-state index in [1.165, 1.54) is 5.56 Å². The summed E-state index contributed by atoms with van der Waals surface area (Å²) in [5.41, 5.74) is 1.30. The van der Waals surface area contributed by atoms with E-state index >= 15 is 0 Å². The smallest absolute Gasteiger partial charge is 0.119 e. The first-order chi connectivity index (χ1) is 9.88. The second-order valence-corrected chi connectivity index (χ2v) is 4.92. The number of aryl methyl sites for hydroxylation is 1. The summed E-state index contributed by atoms with van der Waals surface area (Å²) in [6.07, 6.45) is 1.03. The van der Waals surface area contributed by atoms with Gasteiger partial charge in [-0.25, -0.2) is 0 Å². The zero-order valence-electron chi connectivity index (χ0n) is 12.3. The van der Waals surface area contributed by atoms with Crippen LogP contribution in [0.2, 0.25) is 0 Å². The van der Waals surface area contributed by atoms with E-state index in [9.17, 15) is 0 Å². The van der Waals surface area contributed by atoms with Gasteiger partial charge in [-0.05, 0) is 24.1 Å². The van der Waals surface area contributed by atoms with Gasteiger partial charge in [0.1, 0.15) is 12.4 Å². The SMILES string of the molecule is CCc1cccc(OCCOCCN2CCOCC2)c1. The molecule has 1 aliphatic rings. The first kappa shape index (κ1) is 15.3. The topological polar surface area (TPSA) is 30.9 Å². The van der Waals surface area contributed by atoms with E-state index in [-0.39, 0.29) is 0 Å². The minimum atomic E-state index is 0.607. The molecule has 0 atom stereocenters. The number of hydrogen-bond acceptors (Lipinski definition) is 4. The summed E-state index contributed by atoms with van der Waals surface area (Å²) >= 11 is 0. The van der Waals surface area contributed by atoms with E-state index in [1.807, 2.05) is 12.1 Å². The lowest BCUT2D eigenvalue weighted by Crippen LogP contribution is -2.38. The van der Waals surface area contributed by atoms with Gasteiger partial charge in [0.2, 0.25) is 0 Å². The molecule has 1 saturated heterocycles. The molecule has 112 valence electrons. The summed E-state index contributed by atoms with van der Waals surface area (Å²) in [5, 5.41) is 0. The van der Waals surface area contributed by atoms with Crippen LogP contribution in [0.25, 0.3) is 0 Å². The van der Waals surface area contributed by atoms with Gasteiger partial charge >= 0.3 is 0 Å². The van der Waals surface area contributed by atoms with Crippen LogP contribution in [0, 0.1) is 0 Å². The fourth-order valence-electron chi connectivity index (χ4n) is 2.19. The van der Waals surface area contributed by atoms with Crippen LogP contribution in [0.4, 0.5) is 0 Å². The van der Waals surface area contributed by atoms with Crippen LogP contribution < -0.4 is 4.74 Å². The Labute approximate surface area is 121 Å². The molecule has 0 aromatic heterocycles. The highest BCUT2D eigenvalue weighted by Crippen LogP contribution is 2.13. The Morgan fingerprint density at radius 2 is 2.00 bits per heavy atom. The molecule has 0 aliphatic carbocycles. The van der Waals surface area contributed by atoms with E-state index in [0.717, 1.165) is 51.6 Å². The van der Waals surface area contributed by atoms with Crippen molar-refractivity contribution < 1.29 is 14.2 Å². The molecule has 0 radical (unpaired) electrons. The van der Waals surface area contributed by atoms with E-state index in [2.05, 4.69) is 24.0 Å². The summed E-state index contributed by atoms with van der Waals surface area (Å²) in [7, 11) is 0. The molecule has 0 bridgehead atoms. The minimum absolute atomic E-state index is 0.607. The van der Waals surface area contributed by atoms with Crippen molar-refractivity contribution in [3.63, 3.8) is 0 Å². The normalized spacial score (nSPS) is 16.2. The fourth-order valence-corrected chi connectivity index (χ4v) is 2.19. The number of nitrogens with zero attached hydrogens (tertiary/aromatic N) is 1. The molecular weight excluding hydrogens is 254 g/mol. The van der Waals surface area contributed by atoms with Crippen molar-refractivity contribution in [2.24, 2.45) is 0 Å². The molecule has 2 rings (SSSR count). The molecule has 0 saturated carbocycles. The minimum Gasteiger partial charge on any atom is -0.491 e. The number of ether oxygens (including phenoxy) is 3. The van der Waals surface area contributed by atoms with Crippen molar-refractivity contribution in [3.8, 4) is 5.75 Å². The van der Waals surface area contributed by atoms with Crippen molar-refractivity contribution in [1.29, 1.82) is 0 Å². The average molecular weight is 279 g/mol. The maximum absolute atomic E-state index is 5.68. The summed E-state index contributed by atoms with van der Waals surface area (Å²) in [6.45, 7) is 8.86. The van der Waals surface area contributed by atoms with Gasteiger partial charge in [0.05, 0.1) is 26.4 Å². The van der Waals surface area contributed by atoms with Gasteiger partial charge in [-0.2, -0.15) is 0 Å². The highest BCUT2D eigenvalue weighted by atomic mass is 16.5. The first-order valence-electron chi connectivity index (χ1n) is 7.48. The molecule has 1 aromatic rings. The lowest BCUT2D eigenvalue weighted by Gasteiger charge is -2.26. The number of rotatable bonds is 8. The van der Waals surface area contributed by atoms with E-state index < -0.39 is 0 Å². The van der Waals surface area contributed by atoms with Crippen molar-refractivity contribution in [1.82, 2.24) is 4.90 Å². The van der Waals surface area contributed by atoms with Gasteiger partial charge in [-0.3, -0.25) is 4.90 Å². The van der Waals surface area contributed by atoms with Crippen molar-refractivity contribution in [2.75, 3.05) is 52.7 Å². The third-order valence-corrected chi connectivity index (χ3v) is 3.46. The monoisotopic (exact) mass is 279 g/mol. The highest BCUT2D eigenvalue weighted by Gasteiger charge is 2.09. The van der Waals surface area contributed by atoms with Gasteiger partial charge in [0.15, 0.2) is 0 Å². The zero-order chi connectivity index (χ0) is 14.0. The molecule has 0 spiro atoms. The van der Waals surface area contributed by atoms with Crippen molar-refractivity contribution >= 4 is 0 Å². The molecule has 1 aliphatic heterocycles. The lowest BCUT2D eigenvalue weighted by atomic mass is 10.2. The Morgan fingerprint density at radius 1 is 1.15 bits per heavy atom. The second kappa shape index (κ2) is 8.95. The van der Waals surface area contributed by atoms with Crippen LogP contribution in [-0.2, 0) is 15.9 Å². The van der Waals surface area contributed by atoms with Crippen LogP contribution in [-0.4, -0.2) is 57.6 Å². The Hall–Kier alpha value is -1.10. The summed E-state index contributed by atoms with van der Waals surface area (Å²) in [6, 6.07) is 8.24. The molecule has 4 heteroatoms. The van der Waals surface area contributed by atoms with Crippen LogP contribution in [0.3, 0.4) is 0 Å². The van der Waals surface area contributed by atoms with E-state index in [0.29, 0.717) is 13.2 Å². The first-order valence-corrected chi connectivity index (χ1v) is 7.48. The largest absolute Gasteiger partial charge is 0.491 e. The molecular formula is C16H25NO3. The highest BCUT2D eigenvalue weighted by molar-refractivity contribution is 5.28. The third kappa shape index (κ3) is 5.49. The summed E-state index contributed by atoms with van der Waals surface area (Å²) < 4.78 is 16.6. The number of morpholine rings is 1. The molecule has 20 heavy (non-hydrogen) atoms. The molecule has 0 unspecified atom stereocenters. The van der Waals surface area contributed by atoms with E-state index in [4.69, 9.17) is 14.2 Å². The molecule has 0 amide bonds. The molecule has 4 nitrogen and oxygen atoms in total. The standard InChI is InChI=1S/C16H25NO3/c1-2-15-4-3-5-16(14-15)20-13-12-19-11-8-17-6-9-18-10-7-17/h3-5,14H,2,6-13H2,1H3. The van der Waals surface area contributed by atoms with E-state index in [1.54, 1.807) is 0 Å². The van der Waals surface area contributed by atoms with Gasteiger partial charge in [-0.15, -0.1) is 0 Å². The van der Waals surface area contributed by atoms with Gasteiger partial charge < -0.3 is 14.2 Å². The quantitative estimate of drug-likeness (QED) is 0.681. The Kier molecular flexibility index (Phi) is 6.84. The molecule has 0 N–H and O–H groups in total. The predicted molar refractivity (Wildman–Crippen MR) is 79.4 cm³/mol. The van der Waals surface area contributed by atoms with Crippen molar-refractivity contribution in [2.45, 2.75) is 13.3 Å². The van der Waals surface area contributed by atoms with Gasteiger partial charge in [0.25, 0.3) is 0 Å². The van der Waals surface area contributed by atoms with Crippen LogP contribution in [0.15, 0.2) is 24.3 Å². The van der Waals surface area contributed by atoms with Crippen LogP contribution in [0.5, 0.6) is 5.75 Å². The zero-order valence-corrected chi connectivity index (χ0v) is 12.3. The third-order valence-electron chi connectivity index (χ3n) is 3.46. The maximum atomic E-state index is 5.68. The molecule has 1 heterocycles. The fraction of sp³-hybridized carbons (Fsp3) is 0.625. The second-order valence-electron chi connectivity index (χ2n) is 4.92. The Bertz CT molecular complexity index is 378. The summed E-state index contributed by atoms with van der Waals surface area (Å²) in [5.74, 6) is 0.932. The van der Waals surface area contributed by atoms with Gasteiger partial charge in [-0.1, -0.05) is 19.1 Å². The maximum Gasteiger partial charge on any atom is 0.119 e. The predicted octanol–water partition coefficient (Wildman–Crippen LogP) is 1.98. The lowest BCUT2D eigenvalue weighted by molar-refractivity contribution is 0.0170. The molecule has 1 aromatic carbocycles. The van der Waals surface area contributed by atoms with Crippen molar-refractivity contribution in [3.05, 3.63) is 29.8 Å². The average Bonchev–Trinajstić information content (AvgIpc) is 2.52. The van der Waals surface area contributed by atoms with Crippen LogP contribution >= 0.6 is 0 Å².